The summed E-state index contributed by atoms with van der Waals surface area (Å²) in [5, 5.41) is 3.91. The van der Waals surface area contributed by atoms with Crippen LogP contribution in [0.5, 0.6) is 0 Å². The highest BCUT2D eigenvalue weighted by Gasteiger charge is 2.28. The van der Waals surface area contributed by atoms with Gasteiger partial charge in [-0.05, 0) is 22.9 Å². The van der Waals surface area contributed by atoms with Crippen LogP contribution in [0.2, 0.25) is 0 Å². The van der Waals surface area contributed by atoms with Crippen LogP contribution in [0.25, 0.3) is 10.9 Å². The Labute approximate surface area is 152 Å². The number of rotatable bonds is 4. The van der Waals surface area contributed by atoms with E-state index >= 15 is 0 Å². The number of para-hydroxylation sites is 1. The summed E-state index contributed by atoms with van der Waals surface area (Å²) in [6, 6.07) is 9.06. The molecule has 6 heteroatoms. The summed E-state index contributed by atoms with van der Waals surface area (Å²) in [6.45, 7) is 6.78. The Morgan fingerprint density at radius 3 is 2.65 bits per heavy atom. The normalized spacial score (nSPS) is 12.9. The van der Waals surface area contributed by atoms with E-state index in [1.807, 2.05) is 35.0 Å². The van der Waals surface area contributed by atoms with Gasteiger partial charge in [0.1, 0.15) is 5.56 Å². The van der Waals surface area contributed by atoms with Crippen LogP contribution >= 0.6 is 0 Å². The van der Waals surface area contributed by atoms with Crippen molar-refractivity contribution in [3.8, 4) is 0 Å². The lowest BCUT2D eigenvalue weighted by Gasteiger charge is -2.31. The zero-order valence-corrected chi connectivity index (χ0v) is 15.6. The fourth-order valence-electron chi connectivity index (χ4n) is 2.96. The standard InChI is InChI=1S/C20H24N4O2/c1-20(2,3)17(12-24-10-9-21-13-24)22-18(25)15-11-14-7-5-6-8-16(14)23(4)19(15)26/h5-11,13,17H,12H2,1-4H3,(H,22,25)/t17-/m0/s1. The number of aryl methyl sites for hydroxylation is 1. The smallest absolute Gasteiger partial charge is 0.263 e. The maximum absolute atomic E-state index is 12.9. The van der Waals surface area contributed by atoms with Gasteiger partial charge in [-0.3, -0.25) is 9.59 Å². The van der Waals surface area contributed by atoms with E-state index in [0.29, 0.717) is 6.54 Å². The molecule has 3 aromatic rings. The minimum absolute atomic E-state index is 0.152. The van der Waals surface area contributed by atoms with E-state index in [1.54, 1.807) is 25.6 Å². The summed E-state index contributed by atoms with van der Waals surface area (Å²) in [6.07, 6.45) is 5.29. The number of amides is 1. The van der Waals surface area contributed by atoms with E-state index in [4.69, 9.17) is 0 Å². The van der Waals surface area contributed by atoms with Gasteiger partial charge in [-0.15, -0.1) is 0 Å². The second-order valence-electron chi connectivity index (χ2n) is 7.63. The van der Waals surface area contributed by atoms with E-state index in [1.165, 1.54) is 4.57 Å². The lowest BCUT2D eigenvalue weighted by Crippen LogP contribution is -2.47. The molecule has 1 aromatic carbocycles. The number of pyridine rings is 1. The van der Waals surface area contributed by atoms with Gasteiger partial charge in [-0.2, -0.15) is 0 Å². The summed E-state index contributed by atoms with van der Waals surface area (Å²) in [5.74, 6) is -0.351. The van der Waals surface area contributed by atoms with Crippen molar-refractivity contribution in [3.05, 3.63) is 65.0 Å². The molecule has 1 atom stereocenters. The highest BCUT2D eigenvalue weighted by Crippen LogP contribution is 2.21. The van der Waals surface area contributed by atoms with Crippen molar-refractivity contribution in [1.29, 1.82) is 0 Å². The van der Waals surface area contributed by atoms with Crippen molar-refractivity contribution in [2.24, 2.45) is 12.5 Å². The van der Waals surface area contributed by atoms with E-state index in [-0.39, 0.29) is 28.5 Å². The lowest BCUT2D eigenvalue weighted by molar-refractivity contribution is 0.0890. The molecular formula is C20H24N4O2. The summed E-state index contributed by atoms with van der Waals surface area (Å²) >= 11 is 0. The van der Waals surface area contributed by atoms with Crippen LogP contribution in [0.3, 0.4) is 0 Å². The Balaban J connectivity index is 1.94. The molecule has 0 aliphatic rings. The third-order valence-electron chi connectivity index (χ3n) is 4.68. The maximum Gasteiger partial charge on any atom is 0.263 e. The minimum atomic E-state index is -0.351. The van der Waals surface area contributed by atoms with Crippen molar-refractivity contribution in [2.45, 2.75) is 33.4 Å². The van der Waals surface area contributed by atoms with Gasteiger partial charge in [0.05, 0.1) is 17.9 Å². The van der Waals surface area contributed by atoms with Gasteiger partial charge in [-0.1, -0.05) is 39.0 Å². The highest BCUT2D eigenvalue weighted by molar-refractivity contribution is 5.97. The number of hydrogen-bond donors (Lipinski definition) is 1. The molecule has 0 radical (unpaired) electrons. The average molecular weight is 352 g/mol. The van der Waals surface area contributed by atoms with Crippen LogP contribution in [-0.4, -0.2) is 26.1 Å². The van der Waals surface area contributed by atoms with Crippen molar-refractivity contribution >= 4 is 16.8 Å². The molecule has 2 aromatic heterocycles. The third-order valence-corrected chi connectivity index (χ3v) is 4.68. The largest absolute Gasteiger partial charge is 0.347 e. The molecule has 0 saturated heterocycles. The SMILES string of the molecule is Cn1c(=O)c(C(=O)N[C@@H](Cn2ccnc2)C(C)(C)C)cc2ccccc21. The Bertz CT molecular complexity index is 981. The molecular weight excluding hydrogens is 328 g/mol. The molecule has 26 heavy (non-hydrogen) atoms. The van der Waals surface area contributed by atoms with Crippen molar-refractivity contribution in [3.63, 3.8) is 0 Å². The number of aromatic nitrogens is 3. The fraction of sp³-hybridized carbons (Fsp3) is 0.350. The topological polar surface area (TPSA) is 68.9 Å². The van der Waals surface area contributed by atoms with Crippen molar-refractivity contribution in [1.82, 2.24) is 19.4 Å². The molecule has 1 amide bonds. The number of nitrogens with one attached hydrogen (secondary N) is 1. The minimum Gasteiger partial charge on any atom is -0.347 e. The number of benzene rings is 1. The van der Waals surface area contributed by atoms with Crippen LogP contribution in [0.15, 0.2) is 53.8 Å². The number of hydrogen-bond acceptors (Lipinski definition) is 3. The predicted molar refractivity (Wildman–Crippen MR) is 102 cm³/mol. The van der Waals surface area contributed by atoms with E-state index < -0.39 is 0 Å². The molecule has 1 N–H and O–H groups in total. The molecule has 0 spiro atoms. The Hall–Kier alpha value is -2.89. The van der Waals surface area contributed by atoms with Crippen LogP contribution < -0.4 is 10.9 Å². The summed E-state index contributed by atoms with van der Waals surface area (Å²) in [7, 11) is 1.69. The third kappa shape index (κ3) is 3.54. The number of fused-ring (bicyclic) bond motifs is 1. The van der Waals surface area contributed by atoms with Gasteiger partial charge < -0.3 is 14.5 Å². The molecule has 0 bridgehead atoms. The first-order chi connectivity index (χ1) is 12.3. The number of nitrogens with zero attached hydrogens (tertiary/aromatic N) is 3. The zero-order valence-electron chi connectivity index (χ0n) is 15.6. The summed E-state index contributed by atoms with van der Waals surface area (Å²) < 4.78 is 3.45. The summed E-state index contributed by atoms with van der Waals surface area (Å²) in [4.78, 5) is 29.6. The predicted octanol–water partition coefficient (Wildman–Crippen LogP) is 2.58. The maximum atomic E-state index is 12.9. The molecule has 2 heterocycles. The van der Waals surface area contributed by atoms with Gasteiger partial charge in [-0.25, -0.2) is 4.98 Å². The van der Waals surface area contributed by atoms with Crippen LogP contribution in [0, 0.1) is 5.41 Å². The molecule has 6 nitrogen and oxygen atoms in total. The zero-order chi connectivity index (χ0) is 18.9. The molecule has 0 saturated carbocycles. The molecule has 0 fully saturated rings. The Morgan fingerprint density at radius 1 is 1.27 bits per heavy atom. The molecule has 0 aliphatic carbocycles. The van der Waals surface area contributed by atoms with Crippen LogP contribution in [0.4, 0.5) is 0 Å². The number of imidazole rings is 1. The van der Waals surface area contributed by atoms with Gasteiger partial charge in [0, 0.05) is 26.0 Å². The number of carbonyl (C=O) groups is 1. The number of carbonyl (C=O) groups excluding carboxylic acids is 1. The van der Waals surface area contributed by atoms with E-state index in [9.17, 15) is 9.59 Å². The molecule has 0 aliphatic heterocycles. The Kier molecular flexibility index (Phi) is 4.68. The first kappa shape index (κ1) is 17.9. The second kappa shape index (κ2) is 6.78. The quantitative estimate of drug-likeness (QED) is 0.785. The lowest BCUT2D eigenvalue weighted by atomic mass is 9.86. The first-order valence-electron chi connectivity index (χ1n) is 8.63. The second-order valence-corrected chi connectivity index (χ2v) is 7.63. The van der Waals surface area contributed by atoms with Gasteiger partial charge in [0.2, 0.25) is 0 Å². The fourth-order valence-corrected chi connectivity index (χ4v) is 2.96. The van der Waals surface area contributed by atoms with Gasteiger partial charge in [0.15, 0.2) is 0 Å². The van der Waals surface area contributed by atoms with E-state index in [2.05, 4.69) is 31.1 Å². The van der Waals surface area contributed by atoms with Crippen LogP contribution in [-0.2, 0) is 13.6 Å². The van der Waals surface area contributed by atoms with Crippen molar-refractivity contribution in [2.75, 3.05) is 0 Å². The molecule has 136 valence electrons. The van der Waals surface area contributed by atoms with Crippen molar-refractivity contribution < 1.29 is 4.79 Å². The summed E-state index contributed by atoms with van der Waals surface area (Å²) in [5.41, 5.74) is 0.490. The van der Waals surface area contributed by atoms with Gasteiger partial charge >= 0.3 is 0 Å². The molecule has 3 rings (SSSR count). The highest BCUT2D eigenvalue weighted by atomic mass is 16.2. The monoisotopic (exact) mass is 352 g/mol. The Morgan fingerprint density at radius 2 is 2.00 bits per heavy atom. The molecule has 0 unspecified atom stereocenters. The van der Waals surface area contributed by atoms with E-state index in [0.717, 1.165) is 10.9 Å². The first-order valence-corrected chi connectivity index (χ1v) is 8.63. The van der Waals surface area contributed by atoms with Gasteiger partial charge in [0.25, 0.3) is 11.5 Å². The van der Waals surface area contributed by atoms with Crippen LogP contribution in [0.1, 0.15) is 31.1 Å². The average Bonchev–Trinajstić information content (AvgIpc) is 3.10.